The third kappa shape index (κ3) is 10.1. The zero-order chi connectivity index (χ0) is 19.5. The fourth-order valence-electron chi connectivity index (χ4n) is 1.76. The Labute approximate surface area is 151 Å². The average molecular weight is 347 g/mol. The number of methoxy groups -OCH3 is 1. The topological polar surface area (TPSA) is 64.6 Å². The zero-order valence-electron chi connectivity index (χ0n) is 16.2. The molecule has 0 aliphatic rings. The fraction of sp³-hybridized carbons (Fsp3) is 0.500. The van der Waals surface area contributed by atoms with Crippen molar-refractivity contribution in [3.8, 4) is 11.8 Å². The van der Waals surface area contributed by atoms with Crippen LogP contribution in [0.2, 0.25) is 0 Å². The standard InChI is InChI=1S/C18H23NO4.C2H6/c1-13-8-6-9-14(12-13)10-7-11-15(16(20)22-5)19-17(21)23-18(2,3)4;1-2/h6,8-9,12,15H,11H2,1-5H3,(H,19,21);1-2H3/t15-;/m0./s1. The molecule has 1 rings (SSSR count). The summed E-state index contributed by atoms with van der Waals surface area (Å²) < 4.78 is 9.83. The Kier molecular flexibility index (Phi) is 10.0. The third-order valence-electron chi connectivity index (χ3n) is 2.73. The van der Waals surface area contributed by atoms with Gasteiger partial charge in [0.2, 0.25) is 0 Å². The molecule has 5 nitrogen and oxygen atoms in total. The molecular formula is C20H29NO4. The molecule has 0 heterocycles. The minimum Gasteiger partial charge on any atom is -0.467 e. The molecule has 25 heavy (non-hydrogen) atoms. The minimum absolute atomic E-state index is 0.139. The number of aryl methyl sites for hydroxylation is 1. The second-order valence-electron chi connectivity index (χ2n) is 6.10. The van der Waals surface area contributed by atoms with Gasteiger partial charge in [-0.25, -0.2) is 9.59 Å². The molecular weight excluding hydrogens is 318 g/mol. The van der Waals surface area contributed by atoms with Crippen LogP contribution in [0.4, 0.5) is 4.79 Å². The molecule has 0 radical (unpaired) electrons. The Morgan fingerprint density at radius 2 is 1.88 bits per heavy atom. The van der Waals surface area contributed by atoms with Crippen LogP contribution in [-0.2, 0) is 14.3 Å². The van der Waals surface area contributed by atoms with E-state index in [1.807, 2.05) is 45.0 Å². The van der Waals surface area contributed by atoms with Crippen LogP contribution in [0.25, 0.3) is 0 Å². The van der Waals surface area contributed by atoms with Crippen LogP contribution in [0.5, 0.6) is 0 Å². The van der Waals surface area contributed by atoms with Crippen molar-refractivity contribution in [3.63, 3.8) is 0 Å². The number of carbonyl (C=O) groups excluding carboxylic acids is 2. The summed E-state index contributed by atoms with van der Waals surface area (Å²) in [6.07, 6.45) is -0.537. The summed E-state index contributed by atoms with van der Waals surface area (Å²) in [6, 6.07) is 6.85. The van der Waals surface area contributed by atoms with Crippen molar-refractivity contribution in [2.45, 2.75) is 59.6 Å². The molecule has 5 heteroatoms. The second-order valence-corrected chi connectivity index (χ2v) is 6.10. The van der Waals surface area contributed by atoms with Gasteiger partial charge in [0.25, 0.3) is 0 Å². The third-order valence-corrected chi connectivity index (χ3v) is 2.73. The second kappa shape index (κ2) is 11.1. The Morgan fingerprint density at radius 3 is 2.40 bits per heavy atom. The molecule has 0 unspecified atom stereocenters. The molecule has 0 spiro atoms. The van der Waals surface area contributed by atoms with Crippen molar-refractivity contribution in [1.82, 2.24) is 5.32 Å². The Morgan fingerprint density at radius 1 is 1.24 bits per heavy atom. The number of hydrogen-bond acceptors (Lipinski definition) is 4. The molecule has 0 saturated heterocycles. The lowest BCUT2D eigenvalue weighted by Gasteiger charge is -2.21. The molecule has 0 bridgehead atoms. The smallest absolute Gasteiger partial charge is 0.408 e. The van der Waals surface area contributed by atoms with Gasteiger partial charge in [-0.1, -0.05) is 37.8 Å². The summed E-state index contributed by atoms with van der Waals surface area (Å²) in [4.78, 5) is 23.5. The first-order valence-electron chi connectivity index (χ1n) is 8.34. The first-order chi connectivity index (χ1) is 11.7. The van der Waals surface area contributed by atoms with Crippen molar-refractivity contribution in [3.05, 3.63) is 35.4 Å². The van der Waals surface area contributed by atoms with Gasteiger partial charge < -0.3 is 14.8 Å². The Balaban J connectivity index is 0.00000277. The van der Waals surface area contributed by atoms with E-state index in [0.29, 0.717) is 0 Å². The van der Waals surface area contributed by atoms with E-state index in [1.54, 1.807) is 20.8 Å². The molecule has 0 fully saturated rings. The van der Waals surface area contributed by atoms with Crippen molar-refractivity contribution in [2.24, 2.45) is 0 Å². The van der Waals surface area contributed by atoms with E-state index in [-0.39, 0.29) is 6.42 Å². The molecule has 0 aromatic heterocycles. The number of carbonyl (C=O) groups is 2. The van der Waals surface area contributed by atoms with Crippen molar-refractivity contribution >= 4 is 12.1 Å². The van der Waals surface area contributed by atoms with Gasteiger partial charge in [-0.05, 0) is 45.4 Å². The predicted molar refractivity (Wildman–Crippen MR) is 99.2 cm³/mol. The van der Waals surface area contributed by atoms with Gasteiger partial charge in [-0.3, -0.25) is 0 Å². The first-order valence-corrected chi connectivity index (χ1v) is 8.34. The number of benzene rings is 1. The predicted octanol–water partition coefficient (Wildman–Crippen LogP) is 3.83. The molecule has 0 saturated carbocycles. The first kappa shape index (κ1) is 22.5. The van der Waals surface area contributed by atoms with Crippen LogP contribution in [0, 0.1) is 18.8 Å². The summed E-state index contributed by atoms with van der Waals surface area (Å²) >= 11 is 0. The van der Waals surface area contributed by atoms with Gasteiger partial charge >= 0.3 is 12.1 Å². The zero-order valence-corrected chi connectivity index (χ0v) is 16.2. The number of hydrogen-bond donors (Lipinski definition) is 1. The lowest BCUT2D eigenvalue weighted by molar-refractivity contribution is -0.143. The van der Waals surface area contributed by atoms with E-state index in [2.05, 4.69) is 21.9 Å². The highest BCUT2D eigenvalue weighted by Crippen LogP contribution is 2.08. The van der Waals surface area contributed by atoms with E-state index in [1.165, 1.54) is 7.11 Å². The van der Waals surface area contributed by atoms with E-state index in [9.17, 15) is 9.59 Å². The molecule has 1 aromatic carbocycles. The van der Waals surface area contributed by atoms with Crippen LogP contribution in [0.15, 0.2) is 24.3 Å². The molecule has 1 atom stereocenters. The summed E-state index contributed by atoms with van der Waals surface area (Å²) in [5, 5.41) is 2.48. The van der Waals surface area contributed by atoms with E-state index in [4.69, 9.17) is 4.74 Å². The van der Waals surface area contributed by atoms with Crippen molar-refractivity contribution < 1.29 is 19.1 Å². The van der Waals surface area contributed by atoms with Crippen LogP contribution < -0.4 is 5.32 Å². The maximum Gasteiger partial charge on any atom is 0.408 e. The lowest BCUT2D eigenvalue weighted by atomic mass is 10.1. The highest BCUT2D eigenvalue weighted by molar-refractivity contribution is 5.81. The van der Waals surface area contributed by atoms with Gasteiger partial charge in [0.05, 0.1) is 7.11 Å². The summed E-state index contributed by atoms with van der Waals surface area (Å²) in [5.74, 6) is 5.30. The SMILES string of the molecule is CC.COC(=O)[C@H](CC#Cc1cccc(C)c1)NC(=O)OC(C)(C)C. The molecule has 1 N–H and O–H groups in total. The molecule has 0 aliphatic heterocycles. The maximum absolute atomic E-state index is 11.8. The van der Waals surface area contributed by atoms with Gasteiger partial charge in [0.1, 0.15) is 11.6 Å². The van der Waals surface area contributed by atoms with E-state index < -0.39 is 23.7 Å². The molecule has 1 amide bonds. The van der Waals surface area contributed by atoms with E-state index >= 15 is 0 Å². The fourth-order valence-corrected chi connectivity index (χ4v) is 1.76. The van der Waals surface area contributed by atoms with Crippen LogP contribution in [-0.4, -0.2) is 30.8 Å². The number of rotatable bonds is 3. The van der Waals surface area contributed by atoms with Crippen molar-refractivity contribution in [1.29, 1.82) is 0 Å². The van der Waals surface area contributed by atoms with Crippen LogP contribution in [0.3, 0.4) is 0 Å². The van der Waals surface area contributed by atoms with Gasteiger partial charge in [-0.2, -0.15) is 0 Å². The highest BCUT2D eigenvalue weighted by Gasteiger charge is 2.24. The number of ether oxygens (including phenoxy) is 2. The van der Waals surface area contributed by atoms with Crippen molar-refractivity contribution in [2.75, 3.05) is 7.11 Å². The number of alkyl carbamates (subject to hydrolysis) is 1. The molecule has 1 aromatic rings. The summed E-state index contributed by atoms with van der Waals surface area (Å²) in [6.45, 7) is 11.2. The van der Waals surface area contributed by atoms with E-state index in [0.717, 1.165) is 11.1 Å². The quantitative estimate of drug-likeness (QED) is 0.667. The largest absolute Gasteiger partial charge is 0.467 e. The normalized spacial score (nSPS) is 11.0. The monoisotopic (exact) mass is 347 g/mol. The average Bonchev–Trinajstić information content (AvgIpc) is 2.53. The lowest BCUT2D eigenvalue weighted by Crippen LogP contribution is -2.43. The number of nitrogens with one attached hydrogen (secondary N) is 1. The minimum atomic E-state index is -0.868. The summed E-state index contributed by atoms with van der Waals surface area (Å²) in [7, 11) is 1.26. The molecule has 0 aliphatic carbocycles. The number of amides is 1. The summed E-state index contributed by atoms with van der Waals surface area (Å²) in [5.41, 5.74) is 1.32. The number of esters is 1. The highest BCUT2D eigenvalue weighted by atomic mass is 16.6. The van der Waals surface area contributed by atoms with Crippen LogP contribution in [0.1, 0.15) is 52.2 Å². The van der Waals surface area contributed by atoms with Gasteiger partial charge in [0, 0.05) is 12.0 Å². The Hall–Kier alpha value is -2.48. The molecule has 138 valence electrons. The van der Waals surface area contributed by atoms with Gasteiger partial charge in [-0.15, -0.1) is 0 Å². The van der Waals surface area contributed by atoms with Crippen LogP contribution >= 0.6 is 0 Å². The maximum atomic E-state index is 11.8. The van der Waals surface area contributed by atoms with Gasteiger partial charge in [0.15, 0.2) is 0 Å². The Bertz CT molecular complexity index is 621.